The normalized spacial score (nSPS) is 26.1. The largest absolute Gasteiger partial charge is 0.349 e. The lowest BCUT2D eigenvalue weighted by atomic mass is 9.95. The Bertz CT molecular complexity index is 614. The Morgan fingerprint density at radius 1 is 1.23 bits per heavy atom. The van der Waals surface area contributed by atoms with E-state index in [0.717, 1.165) is 24.0 Å². The lowest BCUT2D eigenvalue weighted by Gasteiger charge is -2.25. The molecule has 0 radical (unpaired) electrons. The van der Waals surface area contributed by atoms with Crippen LogP contribution in [0.3, 0.4) is 0 Å². The summed E-state index contributed by atoms with van der Waals surface area (Å²) in [5.74, 6) is 0.0349. The first-order chi connectivity index (χ1) is 10.5. The van der Waals surface area contributed by atoms with E-state index in [1.807, 2.05) is 29.2 Å². The van der Waals surface area contributed by atoms with Crippen molar-refractivity contribution in [3.8, 4) is 0 Å². The molecular formula is C17H21N3O2. The molecule has 4 rings (SSSR count). The fourth-order valence-electron chi connectivity index (χ4n) is 3.70. The molecule has 0 unspecified atom stereocenters. The summed E-state index contributed by atoms with van der Waals surface area (Å²) in [4.78, 5) is 26.5. The molecule has 2 amide bonds. The zero-order valence-electron chi connectivity index (χ0n) is 12.5. The van der Waals surface area contributed by atoms with Gasteiger partial charge in [0.2, 0.25) is 11.8 Å². The summed E-state index contributed by atoms with van der Waals surface area (Å²) in [6, 6.07) is 8.34. The number of nitrogens with zero attached hydrogens (tertiary/aromatic N) is 1. The molecular weight excluding hydrogens is 278 g/mol. The summed E-state index contributed by atoms with van der Waals surface area (Å²) < 4.78 is 0. The quantitative estimate of drug-likeness (QED) is 0.846. The third-order valence-electron chi connectivity index (χ3n) is 5.06. The molecule has 2 aliphatic carbocycles. The fourth-order valence-corrected chi connectivity index (χ4v) is 3.70. The average molecular weight is 299 g/mol. The van der Waals surface area contributed by atoms with Gasteiger partial charge in [0.1, 0.15) is 5.54 Å². The van der Waals surface area contributed by atoms with Gasteiger partial charge in [-0.3, -0.25) is 9.59 Å². The van der Waals surface area contributed by atoms with Crippen LogP contribution in [-0.2, 0) is 22.4 Å². The summed E-state index contributed by atoms with van der Waals surface area (Å²) in [6.45, 7) is 0.637. The van der Waals surface area contributed by atoms with Crippen LogP contribution in [0.5, 0.6) is 0 Å². The minimum atomic E-state index is -0.875. The van der Waals surface area contributed by atoms with Gasteiger partial charge in [-0.2, -0.15) is 0 Å². The van der Waals surface area contributed by atoms with Crippen molar-refractivity contribution in [2.45, 2.75) is 49.7 Å². The van der Waals surface area contributed by atoms with Crippen molar-refractivity contribution in [1.29, 1.82) is 0 Å². The number of amides is 2. The van der Waals surface area contributed by atoms with E-state index in [1.54, 1.807) is 0 Å². The third-order valence-corrected chi connectivity index (χ3v) is 5.06. The van der Waals surface area contributed by atoms with Crippen LogP contribution in [0.25, 0.3) is 0 Å². The Balaban J connectivity index is 1.42. The number of nitrogens with two attached hydrogens (primary N) is 1. The molecule has 1 saturated heterocycles. The van der Waals surface area contributed by atoms with Crippen molar-refractivity contribution in [2.75, 3.05) is 6.54 Å². The summed E-state index contributed by atoms with van der Waals surface area (Å²) in [6.07, 6.45) is 3.75. The molecule has 3 aliphatic rings. The number of nitrogens with one attached hydrogen (secondary N) is 1. The Morgan fingerprint density at radius 3 is 2.45 bits per heavy atom. The monoisotopic (exact) mass is 299 g/mol. The van der Waals surface area contributed by atoms with E-state index in [4.69, 9.17) is 5.73 Å². The summed E-state index contributed by atoms with van der Waals surface area (Å²) in [5.41, 5.74) is 7.80. The van der Waals surface area contributed by atoms with E-state index in [9.17, 15) is 9.59 Å². The van der Waals surface area contributed by atoms with Gasteiger partial charge in [0.15, 0.2) is 0 Å². The number of benzene rings is 1. The molecule has 1 aromatic carbocycles. The van der Waals surface area contributed by atoms with Crippen molar-refractivity contribution in [1.82, 2.24) is 10.2 Å². The standard InChI is InChI=1S/C17H21N3O2/c18-17(8-11-3-1-2-4-12(11)9-17)16(22)19-13-7-15(21)20(10-13)14-5-6-14/h1-4,13-14H,5-10,18H2,(H,19,22)/t13-/m0/s1. The molecule has 2 fully saturated rings. The van der Waals surface area contributed by atoms with Gasteiger partial charge in [-0.05, 0) is 36.8 Å². The molecule has 0 aromatic heterocycles. The Labute approximate surface area is 129 Å². The van der Waals surface area contributed by atoms with Crippen LogP contribution in [0.15, 0.2) is 24.3 Å². The maximum Gasteiger partial charge on any atom is 0.241 e. The van der Waals surface area contributed by atoms with E-state index in [1.165, 1.54) is 0 Å². The van der Waals surface area contributed by atoms with Crippen LogP contribution in [-0.4, -0.2) is 40.9 Å². The van der Waals surface area contributed by atoms with Crippen molar-refractivity contribution in [3.63, 3.8) is 0 Å². The maximum atomic E-state index is 12.6. The second-order valence-corrected chi connectivity index (χ2v) is 6.93. The van der Waals surface area contributed by atoms with Crippen LogP contribution >= 0.6 is 0 Å². The number of carbonyl (C=O) groups is 2. The minimum Gasteiger partial charge on any atom is -0.349 e. The van der Waals surface area contributed by atoms with Gasteiger partial charge in [-0.25, -0.2) is 0 Å². The second-order valence-electron chi connectivity index (χ2n) is 6.93. The highest BCUT2D eigenvalue weighted by atomic mass is 16.2. The van der Waals surface area contributed by atoms with E-state index in [-0.39, 0.29) is 17.9 Å². The molecule has 1 aliphatic heterocycles. The number of hydrogen-bond acceptors (Lipinski definition) is 3. The van der Waals surface area contributed by atoms with Gasteiger partial charge in [-0.15, -0.1) is 0 Å². The van der Waals surface area contributed by atoms with Gasteiger partial charge in [-0.1, -0.05) is 24.3 Å². The Hall–Kier alpha value is -1.88. The number of hydrogen-bond donors (Lipinski definition) is 2. The number of fused-ring (bicyclic) bond motifs is 1. The summed E-state index contributed by atoms with van der Waals surface area (Å²) in [5, 5.41) is 3.01. The SMILES string of the molecule is NC1(C(=O)N[C@H]2CC(=O)N(C3CC3)C2)Cc2ccccc2C1. The predicted molar refractivity (Wildman–Crippen MR) is 82.1 cm³/mol. The molecule has 116 valence electrons. The smallest absolute Gasteiger partial charge is 0.241 e. The molecule has 22 heavy (non-hydrogen) atoms. The third kappa shape index (κ3) is 2.29. The van der Waals surface area contributed by atoms with Gasteiger partial charge >= 0.3 is 0 Å². The van der Waals surface area contributed by atoms with E-state index >= 15 is 0 Å². The number of rotatable bonds is 3. The first kappa shape index (κ1) is 13.8. The Morgan fingerprint density at radius 2 is 1.86 bits per heavy atom. The van der Waals surface area contributed by atoms with Crippen LogP contribution < -0.4 is 11.1 Å². The molecule has 0 spiro atoms. The highest BCUT2D eigenvalue weighted by molar-refractivity contribution is 5.89. The van der Waals surface area contributed by atoms with Crippen LogP contribution in [0.4, 0.5) is 0 Å². The number of likely N-dealkylation sites (tertiary alicyclic amines) is 1. The molecule has 5 nitrogen and oxygen atoms in total. The molecule has 1 atom stereocenters. The average Bonchev–Trinajstić information content (AvgIpc) is 3.16. The van der Waals surface area contributed by atoms with Gasteiger partial charge in [0.05, 0.1) is 6.04 Å². The molecule has 1 heterocycles. The minimum absolute atomic E-state index is 0.0928. The van der Waals surface area contributed by atoms with Crippen molar-refractivity contribution in [3.05, 3.63) is 35.4 Å². The fraction of sp³-hybridized carbons (Fsp3) is 0.529. The zero-order chi connectivity index (χ0) is 15.3. The predicted octanol–water partition coefficient (Wildman–Crippen LogP) is 0.362. The van der Waals surface area contributed by atoms with Crippen molar-refractivity contribution >= 4 is 11.8 Å². The lowest BCUT2D eigenvalue weighted by molar-refractivity contribution is -0.128. The van der Waals surface area contributed by atoms with E-state index < -0.39 is 5.54 Å². The van der Waals surface area contributed by atoms with E-state index in [2.05, 4.69) is 5.32 Å². The second kappa shape index (κ2) is 4.81. The lowest BCUT2D eigenvalue weighted by Crippen LogP contribution is -2.57. The van der Waals surface area contributed by atoms with E-state index in [0.29, 0.717) is 31.8 Å². The molecule has 0 bridgehead atoms. The molecule has 1 aromatic rings. The zero-order valence-corrected chi connectivity index (χ0v) is 12.5. The topological polar surface area (TPSA) is 75.4 Å². The van der Waals surface area contributed by atoms with Gasteiger partial charge < -0.3 is 16.0 Å². The first-order valence-electron chi connectivity index (χ1n) is 8.01. The summed E-state index contributed by atoms with van der Waals surface area (Å²) in [7, 11) is 0. The highest BCUT2D eigenvalue weighted by Crippen LogP contribution is 2.32. The maximum absolute atomic E-state index is 12.6. The van der Waals surface area contributed by atoms with Crippen LogP contribution in [0.1, 0.15) is 30.4 Å². The molecule has 5 heteroatoms. The van der Waals surface area contributed by atoms with Crippen molar-refractivity contribution < 1.29 is 9.59 Å². The van der Waals surface area contributed by atoms with Gasteiger partial charge in [0, 0.05) is 19.0 Å². The molecule has 3 N–H and O–H groups in total. The number of carbonyl (C=O) groups excluding carboxylic acids is 2. The van der Waals surface area contributed by atoms with Gasteiger partial charge in [0.25, 0.3) is 0 Å². The van der Waals surface area contributed by atoms with Crippen molar-refractivity contribution in [2.24, 2.45) is 5.73 Å². The summed E-state index contributed by atoms with van der Waals surface area (Å²) >= 11 is 0. The van der Waals surface area contributed by atoms with Crippen LogP contribution in [0.2, 0.25) is 0 Å². The van der Waals surface area contributed by atoms with Crippen LogP contribution in [0, 0.1) is 0 Å². The first-order valence-corrected chi connectivity index (χ1v) is 8.01. The Kier molecular flexibility index (Phi) is 3.01. The molecule has 1 saturated carbocycles. The highest BCUT2D eigenvalue weighted by Gasteiger charge is 2.44.